The maximum atomic E-state index is 12.7. The largest absolute Gasteiger partial charge is 0.478 e. The van der Waals surface area contributed by atoms with Crippen LogP contribution in [-0.2, 0) is 9.53 Å². The number of carboxylic acids is 1. The lowest BCUT2D eigenvalue weighted by Gasteiger charge is -2.22. The van der Waals surface area contributed by atoms with Gasteiger partial charge in [-0.05, 0) is 18.2 Å². The summed E-state index contributed by atoms with van der Waals surface area (Å²) in [5, 5.41) is 13.4. The van der Waals surface area contributed by atoms with E-state index in [0.717, 1.165) is 10.9 Å². The van der Waals surface area contributed by atoms with Crippen LogP contribution in [0.15, 0.2) is 60.8 Å². The van der Waals surface area contributed by atoms with Crippen LogP contribution in [0.5, 0.6) is 0 Å². The van der Waals surface area contributed by atoms with Gasteiger partial charge in [-0.15, -0.1) is 0 Å². The van der Waals surface area contributed by atoms with Gasteiger partial charge in [-0.1, -0.05) is 36.4 Å². The number of anilines is 1. The molecule has 7 nitrogen and oxygen atoms in total. The van der Waals surface area contributed by atoms with Crippen LogP contribution in [-0.4, -0.2) is 35.7 Å². The standard InChI is InChI=1S/C21H19N3O4/c1-24(13-7-3-2-4-8-13)21(27)28-17-12-22-11-15(20(25)26)19-18(17)14-9-5-6-10-16(14)23-19/h2-11,17,22-23H,12H2,1H3,(H,25,26). The van der Waals surface area contributed by atoms with E-state index in [2.05, 4.69) is 10.3 Å². The predicted molar refractivity (Wildman–Crippen MR) is 106 cm³/mol. The van der Waals surface area contributed by atoms with Gasteiger partial charge in [-0.25, -0.2) is 9.59 Å². The highest BCUT2D eigenvalue weighted by molar-refractivity contribution is 6.16. The average Bonchev–Trinajstić information content (AvgIpc) is 2.99. The maximum absolute atomic E-state index is 12.7. The minimum absolute atomic E-state index is 0.0983. The Labute approximate surface area is 161 Å². The van der Waals surface area contributed by atoms with E-state index in [1.54, 1.807) is 7.05 Å². The molecular weight excluding hydrogens is 358 g/mol. The lowest BCUT2D eigenvalue weighted by Crippen LogP contribution is -2.31. The Bertz CT molecular complexity index is 1070. The molecule has 0 fully saturated rings. The van der Waals surface area contributed by atoms with E-state index in [4.69, 9.17) is 4.74 Å². The fraction of sp³-hybridized carbons (Fsp3) is 0.143. The van der Waals surface area contributed by atoms with Crippen LogP contribution in [0.4, 0.5) is 10.5 Å². The number of H-pyrrole nitrogens is 1. The molecule has 0 bridgehead atoms. The highest BCUT2D eigenvalue weighted by Crippen LogP contribution is 2.35. The number of fused-ring (bicyclic) bond motifs is 3. The number of carboxylic acid groups (broad SMARTS) is 1. The summed E-state index contributed by atoms with van der Waals surface area (Å²) in [6, 6.07) is 16.7. The third kappa shape index (κ3) is 3.07. The topological polar surface area (TPSA) is 94.7 Å². The lowest BCUT2D eigenvalue weighted by atomic mass is 10.0. The molecule has 0 spiro atoms. The summed E-state index contributed by atoms with van der Waals surface area (Å²) in [6.07, 6.45) is 0.261. The summed E-state index contributed by atoms with van der Waals surface area (Å²) in [4.78, 5) is 29.0. The van der Waals surface area contributed by atoms with E-state index in [1.165, 1.54) is 11.1 Å². The molecule has 1 aliphatic rings. The number of carbonyl (C=O) groups excluding carboxylic acids is 1. The molecule has 142 valence electrons. The number of hydrogen-bond donors (Lipinski definition) is 3. The Morgan fingerprint density at radius 2 is 1.82 bits per heavy atom. The van der Waals surface area contributed by atoms with Crippen molar-refractivity contribution in [2.24, 2.45) is 0 Å². The van der Waals surface area contributed by atoms with Gasteiger partial charge in [0.25, 0.3) is 0 Å². The second kappa shape index (κ2) is 7.11. The number of ether oxygens (including phenoxy) is 1. The van der Waals surface area contributed by atoms with Crippen molar-refractivity contribution >= 4 is 34.2 Å². The summed E-state index contributed by atoms with van der Waals surface area (Å²) < 4.78 is 5.79. The van der Waals surface area contributed by atoms with Crippen molar-refractivity contribution in [1.29, 1.82) is 0 Å². The van der Waals surface area contributed by atoms with Crippen LogP contribution in [0.3, 0.4) is 0 Å². The van der Waals surface area contributed by atoms with Crippen LogP contribution in [0.25, 0.3) is 16.5 Å². The summed E-state index contributed by atoms with van der Waals surface area (Å²) >= 11 is 0. The number of nitrogens with zero attached hydrogens (tertiary/aromatic N) is 1. The second-order valence-corrected chi connectivity index (χ2v) is 6.50. The molecule has 1 amide bonds. The first kappa shape index (κ1) is 17.7. The molecule has 2 heterocycles. The number of amides is 1. The second-order valence-electron chi connectivity index (χ2n) is 6.50. The molecule has 1 aromatic heterocycles. The SMILES string of the molecule is CN(C(=O)OC1CNC=C(C(=O)O)c2[nH]c3ccccc3c21)c1ccccc1. The highest BCUT2D eigenvalue weighted by atomic mass is 16.6. The third-order valence-corrected chi connectivity index (χ3v) is 4.78. The number of aromatic nitrogens is 1. The van der Waals surface area contributed by atoms with Crippen molar-refractivity contribution in [2.45, 2.75) is 6.10 Å². The van der Waals surface area contributed by atoms with Gasteiger partial charge >= 0.3 is 12.1 Å². The fourth-order valence-electron chi connectivity index (χ4n) is 3.38. The Morgan fingerprint density at radius 3 is 2.57 bits per heavy atom. The van der Waals surface area contributed by atoms with Crippen molar-refractivity contribution in [2.75, 3.05) is 18.5 Å². The molecule has 4 rings (SSSR count). The van der Waals surface area contributed by atoms with E-state index in [1.807, 2.05) is 54.6 Å². The zero-order valence-electron chi connectivity index (χ0n) is 15.2. The predicted octanol–water partition coefficient (Wildman–Crippen LogP) is 3.51. The smallest absolute Gasteiger partial charge is 0.414 e. The number of aromatic amines is 1. The van der Waals surface area contributed by atoms with Crippen molar-refractivity contribution < 1.29 is 19.4 Å². The van der Waals surface area contributed by atoms with Crippen LogP contribution >= 0.6 is 0 Å². The molecule has 0 saturated heterocycles. The summed E-state index contributed by atoms with van der Waals surface area (Å²) in [7, 11) is 1.64. The molecular formula is C21H19N3O4. The maximum Gasteiger partial charge on any atom is 0.414 e. The van der Waals surface area contributed by atoms with Gasteiger partial charge in [0.05, 0.1) is 17.8 Å². The number of rotatable bonds is 3. The minimum Gasteiger partial charge on any atom is -0.478 e. The Hall–Kier alpha value is -3.74. The normalized spacial score (nSPS) is 15.8. The van der Waals surface area contributed by atoms with Gasteiger partial charge in [0.2, 0.25) is 0 Å². The first-order chi connectivity index (χ1) is 13.6. The summed E-state index contributed by atoms with van der Waals surface area (Å²) in [5.41, 5.74) is 2.70. The van der Waals surface area contributed by atoms with Gasteiger partial charge in [0.15, 0.2) is 0 Å². The number of hydrogen-bond acceptors (Lipinski definition) is 4. The molecule has 2 aromatic carbocycles. The van der Waals surface area contributed by atoms with E-state index in [9.17, 15) is 14.7 Å². The van der Waals surface area contributed by atoms with Crippen LogP contribution in [0.1, 0.15) is 17.4 Å². The molecule has 28 heavy (non-hydrogen) atoms. The van der Waals surface area contributed by atoms with Gasteiger partial charge in [-0.3, -0.25) is 4.90 Å². The van der Waals surface area contributed by atoms with Crippen LogP contribution in [0.2, 0.25) is 0 Å². The Balaban J connectivity index is 1.72. The minimum atomic E-state index is -1.06. The quantitative estimate of drug-likeness (QED) is 0.649. The molecule has 1 atom stereocenters. The highest BCUT2D eigenvalue weighted by Gasteiger charge is 2.30. The Kier molecular flexibility index (Phi) is 4.49. The van der Waals surface area contributed by atoms with E-state index >= 15 is 0 Å². The zero-order chi connectivity index (χ0) is 19.7. The molecule has 3 aromatic rings. The number of benzene rings is 2. The van der Waals surface area contributed by atoms with Crippen molar-refractivity contribution in [3.05, 3.63) is 72.1 Å². The first-order valence-corrected chi connectivity index (χ1v) is 8.83. The van der Waals surface area contributed by atoms with Gasteiger partial charge in [0, 0.05) is 35.4 Å². The van der Waals surface area contributed by atoms with E-state index in [-0.39, 0.29) is 12.1 Å². The summed E-state index contributed by atoms with van der Waals surface area (Å²) in [5.74, 6) is -1.06. The fourth-order valence-corrected chi connectivity index (χ4v) is 3.38. The first-order valence-electron chi connectivity index (χ1n) is 8.83. The van der Waals surface area contributed by atoms with Gasteiger partial charge in [-0.2, -0.15) is 0 Å². The molecule has 7 heteroatoms. The number of para-hydroxylation sites is 2. The van der Waals surface area contributed by atoms with Gasteiger partial charge in [0.1, 0.15) is 6.10 Å². The van der Waals surface area contributed by atoms with E-state index in [0.29, 0.717) is 16.9 Å². The molecule has 0 saturated carbocycles. The number of nitrogens with one attached hydrogen (secondary N) is 2. The van der Waals surface area contributed by atoms with Crippen molar-refractivity contribution in [3.8, 4) is 0 Å². The number of carbonyl (C=O) groups is 2. The molecule has 0 aliphatic carbocycles. The van der Waals surface area contributed by atoms with E-state index < -0.39 is 18.2 Å². The van der Waals surface area contributed by atoms with Crippen LogP contribution in [0, 0.1) is 0 Å². The molecule has 1 unspecified atom stereocenters. The van der Waals surface area contributed by atoms with Crippen LogP contribution < -0.4 is 10.2 Å². The molecule has 0 radical (unpaired) electrons. The number of aliphatic carboxylic acids is 1. The van der Waals surface area contributed by atoms with Gasteiger partial charge < -0.3 is 20.1 Å². The monoisotopic (exact) mass is 377 g/mol. The third-order valence-electron chi connectivity index (χ3n) is 4.78. The molecule has 1 aliphatic heterocycles. The zero-order valence-corrected chi connectivity index (χ0v) is 15.2. The van der Waals surface area contributed by atoms with Crippen molar-refractivity contribution in [3.63, 3.8) is 0 Å². The average molecular weight is 377 g/mol. The summed E-state index contributed by atoms with van der Waals surface area (Å²) in [6.45, 7) is 0.264. The Morgan fingerprint density at radius 1 is 1.11 bits per heavy atom. The van der Waals surface area contributed by atoms with Crippen molar-refractivity contribution in [1.82, 2.24) is 10.3 Å². The lowest BCUT2D eigenvalue weighted by molar-refractivity contribution is -0.130. The molecule has 3 N–H and O–H groups in total.